The maximum atomic E-state index is 11.5. The standard InChI is InChI=1S/C18H12N4O3/c23-18(24)13-9-11-22-15(13)17(25-12-6-2-1-3-7-12)20-16(21-22)14-8-4-5-10-19-14/h1-11H,(H,23,24). The Hall–Kier alpha value is -3.74. The fourth-order valence-corrected chi connectivity index (χ4v) is 2.44. The van der Waals surface area contributed by atoms with E-state index < -0.39 is 5.97 Å². The van der Waals surface area contributed by atoms with Gasteiger partial charge in [0, 0.05) is 12.4 Å². The monoisotopic (exact) mass is 332 g/mol. The van der Waals surface area contributed by atoms with Gasteiger partial charge in [-0.1, -0.05) is 24.3 Å². The van der Waals surface area contributed by atoms with Gasteiger partial charge in [-0.05, 0) is 30.3 Å². The summed E-state index contributed by atoms with van der Waals surface area (Å²) in [5.41, 5.74) is 0.919. The summed E-state index contributed by atoms with van der Waals surface area (Å²) in [6.45, 7) is 0. The molecule has 0 spiro atoms. The van der Waals surface area contributed by atoms with Gasteiger partial charge >= 0.3 is 5.97 Å². The highest BCUT2D eigenvalue weighted by atomic mass is 16.5. The molecule has 1 N–H and O–H groups in total. The highest BCUT2D eigenvalue weighted by Crippen LogP contribution is 2.28. The first-order chi connectivity index (χ1) is 12.2. The molecule has 1 aromatic carbocycles. The molecule has 0 aliphatic rings. The summed E-state index contributed by atoms with van der Waals surface area (Å²) in [5.74, 6) is -0.0296. The number of carbonyl (C=O) groups is 1. The van der Waals surface area contributed by atoms with Crippen molar-refractivity contribution >= 4 is 11.5 Å². The Labute approximate surface area is 142 Å². The average Bonchev–Trinajstić information content (AvgIpc) is 3.08. The number of fused-ring (bicyclic) bond motifs is 1. The molecule has 0 atom stereocenters. The van der Waals surface area contributed by atoms with Crippen molar-refractivity contribution in [2.24, 2.45) is 0 Å². The van der Waals surface area contributed by atoms with Crippen LogP contribution >= 0.6 is 0 Å². The number of nitrogens with zero attached hydrogens (tertiary/aromatic N) is 4. The van der Waals surface area contributed by atoms with Crippen LogP contribution in [0.1, 0.15) is 10.4 Å². The van der Waals surface area contributed by atoms with E-state index in [0.29, 0.717) is 17.3 Å². The third-order valence-electron chi connectivity index (χ3n) is 3.56. The van der Waals surface area contributed by atoms with Gasteiger partial charge < -0.3 is 9.84 Å². The molecule has 4 rings (SSSR count). The van der Waals surface area contributed by atoms with E-state index in [4.69, 9.17) is 4.74 Å². The number of carboxylic acid groups (broad SMARTS) is 1. The fourth-order valence-electron chi connectivity index (χ4n) is 2.44. The van der Waals surface area contributed by atoms with E-state index in [1.54, 1.807) is 36.7 Å². The average molecular weight is 332 g/mol. The molecule has 25 heavy (non-hydrogen) atoms. The zero-order valence-corrected chi connectivity index (χ0v) is 12.9. The Morgan fingerprint density at radius 1 is 1.04 bits per heavy atom. The van der Waals surface area contributed by atoms with Crippen LogP contribution in [0.3, 0.4) is 0 Å². The Balaban J connectivity index is 1.92. The molecule has 0 saturated carbocycles. The van der Waals surface area contributed by atoms with E-state index in [0.717, 1.165) is 0 Å². The molecule has 7 heteroatoms. The number of carboxylic acids is 1. The van der Waals surface area contributed by atoms with Crippen LogP contribution in [0.25, 0.3) is 17.0 Å². The predicted octanol–water partition coefficient (Wildman–Crippen LogP) is 3.28. The Morgan fingerprint density at radius 2 is 1.84 bits per heavy atom. The molecule has 3 heterocycles. The number of hydrogen-bond acceptors (Lipinski definition) is 5. The quantitative estimate of drug-likeness (QED) is 0.617. The van der Waals surface area contributed by atoms with Crippen molar-refractivity contribution in [2.45, 2.75) is 0 Å². The van der Waals surface area contributed by atoms with E-state index in [1.165, 1.54) is 10.6 Å². The molecular weight excluding hydrogens is 320 g/mol. The van der Waals surface area contributed by atoms with Crippen LogP contribution in [-0.2, 0) is 0 Å². The van der Waals surface area contributed by atoms with E-state index in [9.17, 15) is 9.90 Å². The van der Waals surface area contributed by atoms with Crippen molar-refractivity contribution in [3.8, 4) is 23.1 Å². The Kier molecular flexibility index (Phi) is 3.59. The van der Waals surface area contributed by atoms with E-state index in [-0.39, 0.29) is 17.0 Å². The molecule has 0 aliphatic carbocycles. The number of aromatic nitrogens is 4. The summed E-state index contributed by atoms with van der Waals surface area (Å²) in [5, 5.41) is 13.8. The first-order valence-corrected chi connectivity index (χ1v) is 7.49. The number of benzene rings is 1. The highest BCUT2D eigenvalue weighted by molar-refractivity contribution is 5.97. The van der Waals surface area contributed by atoms with Crippen LogP contribution in [-0.4, -0.2) is 30.7 Å². The van der Waals surface area contributed by atoms with Crippen LogP contribution in [0.2, 0.25) is 0 Å². The minimum absolute atomic E-state index is 0.0681. The van der Waals surface area contributed by atoms with Crippen molar-refractivity contribution in [1.29, 1.82) is 0 Å². The van der Waals surface area contributed by atoms with Crippen LogP contribution in [0, 0.1) is 0 Å². The minimum atomic E-state index is -1.07. The van der Waals surface area contributed by atoms with Gasteiger partial charge in [-0.25, -0.2) is 9.31 Å². The third-order valence-corrected chi connectivity index (χ3v) is 3.56. The summed E-state index contributed by atoms with van der Waals surface area (Å²) in [6.07, 6.45) is 3.20. The molecule has 0 aliphatic heterocycles. The first kappa shape index (κ1) is 14.8. The zero-order valence-electron chi connectivity index (χ0n) is 12.9. The van der Waals surface area contributed by atoms with Gasteiger partial charge in [0.25, 0.3) is 0 Å². The lowest BCUT2D eigenvalue weighted by Crippen LogP contribution is -2.04. The highest BCUT2D eigenvalue weighted by Gasteiger charge is 2.19. The smallest absolute Gasteiger partial charge is 0.338 e. The maximum absolute atomic E-state index is 11.5. The summed E-state index contributed by atoms with van der Waals surface area (Å²) >= 11 is 0. The second-order valence-electron chi connectivity index (χ2n) is 5.20. The van der Waals surface area contributed by atoms with Gasteiger partial charge in [-0.15, -0.1) is 5.10 Å². The molecule has 0 saturated heterocycles. The van der Waals surface area contributed by atoms with Crippen molar-refractivity contribution in [3.05, 3.63) is 72.6 Å². The third kappa shape index (κ3) is 2.78. The zero-order chi connectivity index (χ0) is 17.2. The van der Waals surface area contributed by atoms with Crippen LogP contribution in [0.15, 0.2) is 67.0 Å². The topological polar surface area (TPSA) is 89.6 Å². The van der Waals surface area contributed by atoms with Gasteiger partial charge in [0.15, 0.2) is 0 Å². The summed E-state index contributed by atoms with van der Waals surface area (Å²) in [7, 11) is 0. The second-order valence-corrected chi connectivity index (χ2v) is 5.20. The number of para-hydroxylation sites is 1. The number of pyridine rings is 1. The number of hydrogen-bond donors (Lipinski definition) is 1. The van der Waals surface area contributed by atoms with Gasteiger partial charge in [0.05, 0.1) is 5.56 Å². The molecule has 0 bridgehead atoms. The lowest BCUT2D eigenvalue weighted by molar-refractivity contribution is 0.0699. The van der Waals surface area contributed by atoms with E-state index >= 15 is 0 Å². The number of rotatable bonds is 4. The predicted molar refractivity (Wildman–Crippen MR) is 89.7 cm³/mol. The van der Waals surface area contributed by atoms with Crippen LogP contribution < -0.4 is 4.74 Å². The lowest BCUT2D eigenvalue weighted by Gasteiger charge is -2.09. The first-order valence-electron chi connectivity index (χ1n) is 7.49. The summed E-state index contributed by atoms with van der Waals surface area (Å²) < 4.78 is 7.28. The second kappa shape index (κ2) is 6.04. The van der Waals surface area contributed by atoms with Gasteiger partial charge in [-0.3, -0.25) is 4.98 Å². The van der Waals surface area contributed by atoms with E-state index in [2.05, 4.69) is 15.1 Å². The van der Waals surface area contributed by atoms with Gasteiger partial charge in [-0.2, -0.15) is 4.98 Å². The van der Waals surface area contributed by atoms with Crippen molar-refractivity contribution in [2.75, 3.05) is 0 Å². The SMILES string of the molecule is O=C(O)c1ccn2nc(-c3ccccn3)nc(Oc3ccccc3)c12. The molecule has 0 amide bonds. The van der Waals surface area contributed by atoms with Crippen molar-refractivity contribution < 1.29 is 14.6 Å². The fraction of sp³-hybridized carbons (Fsp3) is 0. The summed E-state index contributed by atoms with van der Waals surface area (Å²) in [6, 6.07) is 15.9. The maximum Gasteiger partial charge on any atom is 0.338 e. The lowest BCUT2D eigenvalue weighted by atomic mass is 10.3. The van der Waals surface area contributed by atoms with Crippen LogP contribution in [0.4, 0.5) is 0 Å². The van der Waals surface area contributed by atoms with Crippen molar-refractivity contribution in [3.63, 3.8) is 0 Å². The molecule has 0 unspecified atom stereocenters. The normalized spacial score (nSPS) is 10.7. The van der Waals surface area contributed by atoms with Gasteiger partial charge in [0.1, 0.15) is 17.0 Å². The van der Waals surface area contributed by atoms with E-state index in [1.807, 2.05) is 24.3 Å². The minimum Gasteiger partial charge on any atom is -0.478 e. The van der Waals surface area contributed by atoms with Gasteiger partial charge in [0.2, 0.25) is 11.7 Å². The van der Waals surface area contributed by atoms with Crippen molar-refractivity contribution in [1.82, 2.24) is 19.6 Å². The molecule has 122 valence electrons. The Bertz CT molecular complexity index is 1050. The summed E-state index contributed by atoms with van der Waals surface area (Å²) in [4.78, 5) is 20.1. The Morgan fingerprint density at radius 3 is 2.56 bits per heavy atom. The molecule has 0 radical (unpaired) electrons. The number of ether oxygens (including phenoxy) is 1. The molecule has 0 fully saturated rings. The molecule has 4 aromatic rings. The van der Waals surface area contributed by atoms with Crippen LogP contribution in [0.5, 0.6) is 11.6 Å². The largest absolute Gasteiger partial charge is 0.478 e. The molecule has 3 aromatic heterocycles. The number of aromatic carboxylic acids is 1. The molecular formula is C18H12N4O3. The molecule has 7 nitrogen and oxygen atoms in total.